The standard InChI is InChI=1S/C19H14ClF3N4OS/c20-14-6-4-12(5-7-14)10-24-27-17(28)9-16-11-29-18(26-16)25-15-3-1-2-13(8-15)19(21,22)23/h1-8,10-11H,9H2,(H,25,26)(H,27,28)/b24-10+. The molecule has 0 fully saturated rings. The Labute approximate surface area is 173 Å². The van der Waals surface area contributed by atoms with Crippen molar-refractivity contribution < 1.29 is 18.0 Å². The first-order valence-electron chi connectivity index (χ1n) is 8.26. The number of nitrogens with one attached hydrogen (secondary N) is 2. The van der Waals surface area contributed by atoms with Gasteiger partial charge < -0.3 is 5.32 Å². The van der Waals surface area contributed by atoms with Crippen LogP contribution in [-0.4, -0.2) is 17.1 Å². The molecule has 0 aliphatic carbocycles. The van der Waals surface area contributed by atoms with Crippen molar-refractivity contribution in [2.75, 3.05) is 5.32 Å². The van der Waals surface area contributed by atoms with Gasteiger partial charge in [0, 0.05) is 16.1 Å². The topological polar surface area (TPSA) is 66.4 Å². The van der Waals surface area contributed by atoms with Crippen LogP contribution in [0.15, 0.2) is 59.0 Å². The van der Waals surface area contributed by atoms with Crippen LogP contribution in [0.5, 0.6) is 0 Å². The predicted molar refractivity (Wildman–Crippen MR) is 108 cm³/mol. The summed E-state index contributed by atoms with van der Waals surface area (Å²) in [4.78, 5) is 16.2. The Hall–Kier alpha value is -2.91. The molecule has 3 rings (SSSR count). The fourth-order valence-corrected chi connectivity index (χ4v) is 3.13. The third kappa shape index (κ3) is 6.30. The molecule has 29 heavy (non-hydrogen) atoms. The maximum atomic E-state index is 12.8. The number of alkyl halides is 3. The number of aromatic nitrogens is 1. The highest BCUT2D eigenvalue weighted by molar-refractivity contribution is 7.13. The number of carbonyl (C=O) groups is 1. The number of halogens is 4. The number of benzene rings is 2. The minimum Gasteiger partial charge on any atom is -0.332 e. The Morgan fingerprint density at radius 1 is 1.21 bits per heavy atom. The first-order valence-corrected chi connectivity index (χ1v) is 9.51. The normalized spacial score (nSPS) is 11.6. The fraction of sp³-hybridized carbons (Fsp3) is 0.105. The SMILES string of the molecule is O=C(Cc1csc(Nc2cccc(C(F)(F)F)c2)n1)N/N=C/c1ccc(Cl)cc1. The quantitative estimate of drug-likeness (QED) is 0.408. The van der Waals surface area contributed by atoms with Crippen molar-refractivity contribution in [3.63, 3.8) is 0 Å². The molecule has 0 saturated heterocycles. The van der Waals surface area contributed by atoms with Gasteiger partial charge in [0.05, 0.1) is 23.9 Å². The largest absolute Gasteiger partial charge is 0.416 e. The van der Waals surface area contributed by atoms with Crippen molar-refractivity contribution in [2.45, 2.75) is 12.6 Å². The summed E-state index contributed by atoms with van der Waals surface area (Å²) in [6.45, 7) is 0. The Kier molecular flexibility index (Phi) is 6.50. The number of amides is 1. The summed E-state index contributed by atoms with van der Waals surface area (Å²) in [7, 11) is 0. The maximum absolute atomic E-state index is 12.8. The molecule has 1 amide bonds. The molecule has 0 atom stereocenters. The van der Waals surface area contributed by atoms with Crippen LogP contribution in [0.3, 0.4) is 0 Å². The lowest BCUT2D eigenvalue weighted by Gasteiger charge is -2.08. The van der Waals surface area contributed by atoms with Crippen LogP contribution in [0.2, 0.25) is 5.02 Å². The van der Waals surface area contributed by atoms with Crippen molar-refractivity contribution in [3.8, 4) is 0 Å². The van der Waals surface area contributed by atoms with E-state index in [2.05, 4.69) is 20.8 Å². The third-order valence-electron chi connectivity index (χ3n) is 3.61. The molecule has 2 aromatic carbocycles. The van der Waals surface area contributed by atoms with Gasteiger partial charge in [-0.15, -0.1) is 11.3 Å². The molecule has 5 nitrogen and oxygen atoms in total. The fourth-order valence-electron chi connectivity index (χ4n) is 2.27. The molecule has 10 heteroatoms. The van der Waals surface area contributed by atoms with Gasteiger partial charge in [-0.1, -0.05) is 29.8 Å². The van der Waals surface area contributed by atoms with Crippen molar-refractivity contribution in [3.05, 3.63) is 75.8 Å². The molecule has 0 spiro atoms. The molecule has 1 aromatic heterocycles. The van der Waals surface area contributed by atoms with E-state index < -0.39 is 11.7 Å². The van der Waals surface area contributed by atoms with E-state index in [1.54, 1.807) is 29.6 Å². The zero-order chi connectivity index (χ0) is 20.9. The van der Waals surface area contributed by atoms with Gasteiger partial charge in [-0.25, -0.2) is 10.4 Å². The van der Waals surface area contributed by atoms with Gasteiger partial charge in [-0.2, -0.15) is 18.3 Å². The molecule has 0 saturated carbocycles. The van der Waals surface area contributed by atoms with Crippen LogP contribution >= 0.6 is 22.9 Å². The van der Waals surface area contributed by atoms with Crippen molar-refractivity contribution in [1.29, 1.82) is 0 Å². The molecule has 0 aliphatic rings. The van der Waals surface area contributed by atoms with Gasteiger partial charge in [0.25, 0.3) is 0 Å². The van der Waals surface area contributed by atoms with E-state index in [4.69, 9.17) is 11.6 Å². The molecule has 2 N–H and O–H groups in total. The molecule has 0 aliphatic heterocycles. The number of rotatable bonds is 6. The predicted octanol–water partition coefficient (Wildman–Crippen LogP) is 5.25. The summed E-state index contributed by atoms with van der Waals surface area (Å²) in [6, 6.07) is 11.7. The van der Waals surface area contributed by atoms with Crippen LogP contribution in [0.25, 0.3) is 0 Å². The van der Waals surface area contributed by atoms with Gasteiger partial charge in [0.1, 0.15) is 0 Å². The number of nitrogens with zero attached hydrogens (tertiary/aromatic N) is 2. The van der Waals surface area contributed by atoms with E-state index in [-0.39, 0.29) is 18.0 Å². The minimum absolute atomic E-state index is 0.0152. The lowest BCUT2D eigenvalue weighted by atomic mass is 10.2. The molecule has 3 aromatic rings. The van der Waals surface area contributed by atoms with Gasteiger partial charge in [-0.3, -0.25) is 4.79 Å². The summed E-state index contributed by atoms with van der Waals surface area (Å²) < 4.78 is 38.3. The zero-order valence-electron chi connectivity index (χ0n) is 14.7. The van der Waals surface area contributed by atoms with Gasteiger partial charge in [0.2, 0.25) is 5.91 Å². The maximum Gasteiger partial charge on any atom is 0.416 e. The average molecular weight is 439 g/mol. The van der Waals surface area contributed by atoms with Gasteiger partial charge in [-0.05, 0) is 35.9 Å². The van der Waals surface area contributed by atoms with Gasteiger partial charge in [0.15, 0.2) is 5.13 Å². The zero-order valence-corrected chi connectivity index (χ0v) is 16.3. The highest BCUT2D eigenvalue weighted by Crippen LogP contribution is 2.31. The van der Waals surface area contributed by atoms with Crippen LogP contribution in [-0.2, 0) is 17.4 Å². The number of hydrazone groups is 1. The molecule has 0 bridgehead atoms. The number of anilines is 2. The summed E-state index contributed by atoms with van der Waals surface area (Å²) in [5, 5.41) is 9.31. The van der Waals surface area contributed by atoms with E-state index >= 15 is 0 Å². The van der Waals surface area contributed by atoms with Crippen molar-refractivity contribution >= 4 is 45.9 Å². The lowest BCUT2D eigenvalue weighted by molar-refractivity contribution is -0.137. The van der Waals surface area contributed by atoms with Crippen molar-refractivity contribution in [2.24, 2.45) is 5.10 Å². The second-order valence-electron chi connectivity index (χ2n) is 5.87. The number of hydrogen-bond donors (Lipinski definition) is 2. The molecular weight excluding hydrogens is 425 g/mol. The third-order valence-corrected chi connectivity index (χ3v) is 4.67. The van der Waals surface area contributed by atoms with Crippen LogP contribution < -0.4 is 10.7 Å². The Morgan fingerprint density at radius 3 is 2.69 bits per heavy atom. The van der Waals surface area contributed by atoms with Crippen LogP contribution in [0, 0.1) is 0 Å². The summed E-state index contributed by atoms with van der Waals surface area (Å²) in [6.07, 6.45) is -2.95. The first-order chi connectivity index (χ1) is 13.8. The molecule has 150 valence electrons. The summed E-state index contributed by atoms with van der Waals surface area (Å²) in [5.41, 5.74) is 3.15. The number of thiazole rings is 1. The second-order valence-corrected chi connectivity index (χ2v) is 7.16. The first kappa shape index (κ1) is 20.8. The van der Waals surface area contributed by atoms with E-state index in [1.807, 2.05) is 0 Å². The van der Waals surface area contributed by atoms with E-state index in [1.165, 1.54) is 29.7 Å². The van der Waals surface area contributed by atoms with E-state index in [0.29, 0.717) is 15.8 Å². The van der Waals surface area contributed by atoms with Gasteiger partial charge >= 0.3 is 6.18 Å². The van der Waals surface area contributed by atoms with E-state index in [0.717, 1.165) is 17.7 Å². The van der Waals surface area contributed by atoms with Crippen molar-refractivity contribution in [1.82, 2.24) is 10.4 Å². The number of carbonyl (C=O) groups excluding carboxylic acids is 1. The molecule has 0 radical (unpaired) electrons. The summed E-state index contributed by atoms with van der Waals surface area (Å²) in [5.74, 6) is -0.369. The molecule has 1 heterocycles. The monoisotopic (exact) mass is 438 g/mol. The Bertz CT molecular complexity index is 1020. The second kappa shape index (κ2) is 9.06. The lowest BCUT2D eigenvalue weighted by Crippen LogP contribution is -2.19. The summed E-state index contributed by atoms with van der Waals surface area (Å²) >= 11 is 6.98. The minimum atomic E-state index is -4.42. The highest BCUT2D eigenvalue weighted by Gasteiger charge is 2.30. The Balaban J connectivity index is 1.54. The Morgan fingerprint density at radius 2 is 1.97 bits per heavy atom. The highest BCUT2D eigenvalue weighted by atomic mass is 35.5. The molecular formula is C19H14ClF3N4OS. The van der Waals surface area contributed by atoms with E-state index in [9.17, 15) is 18.0 Å². The smallest absolute Gasteiger partial charge is 0.332 e. The van der Waals surface area contributed by atoms with Crippen LogP contribution in [0.4, 0.5) is 24.0 Å². The molecule has 0 unspecified atom stereocenters. The number of hydrogen-bond acceptors (Lipinski definition) is 5. The average Bonchev–Trinajstić information content (AvgIpc) is 3.09. The van der Waals surface area contributed by atoms with Crippen LogP contribution in [0.1, 0.15) is 16.8 Å².